The molecule has 0 bridgehead atoms. The highest BCUT2D eigenvalue weighted by Crippen LogP contribution is 2.36. The fourth-order valence-corrected chi connectivity index (χ4v) is 6.03. The molecule has 0 atom stereocenters. The van der Waals surface area contributed by atoms with Gasteiger partial charge >= 0.3 is 0 Å². The minimum absolute atomic E-state index is 0.106. The highest BCUT2D eigenvalue weighted by Gasteiger charge is 2.33. The number of amides is 1. The minimum atomic E-state index is -0.297. The summed E-state index contributed by atoms with van der Waals surface area (Å²) in [4.78, 5) is 33.0. The Labute approximate surface area is 227 Å². The third kappa shape index (κ3) is 5.65. The molecule has 1 amide bonds. The van der Waals surface area contributed by atoms with Gasteiger partial charge in [-0.3, -0.25) is 24.0 Å². The molecule has 194 valence electrons. The van der Waals surface area contributed by atoms with Crippen LogP contribution in [0.4, 0.5) is 5.82 Å². The van der Waals surface area contributed by atoms with E-state index >= 15 is 0 Å². The molecule has 3 heterocycles. The summed E-state index contributed by atoms with van der Waals surface area (Å²) in [6, 6.07) is 12.5. The van der Waals surface area contributed by atoms with Crippen LogP contribution in [0.3, 0.4) is 0 Å². The minimum Gasteiger partial charge on any atom is -0.383 e. The van der Waals surface area contributed by atoms with Gasteiger partial charge in [-0.25, -0.2) is 0 Å². The summed E-state index contributed by atoms with van der Waals surface area (Å²) in [5.74, 6) is 0.573. The number of methoxy groups -OCH3 is 1. The van der Waals surface area contributed by atoms with Crippen molar-refractivity contribution in [2.24, 2.45) is 0 Å². The molecule has 2 saturated heterocycles. The highest BCUT2D eigenvalue weighted by molar-refractivity contribution is 8.26. The predicted molar refractivity (Wildman–Crippen MR) is 152 cm³/mol. The Bertz CT molecular complexity index is 1310. The van der Waals surface area contributed by atoms with Crippen LogP contribution in [0, 0.1) is 18.3 Å². The first-order valence-electron chi connectivity index (χ1n) is 12.3. The van der Waals surface area contributed by atoms with Gasteiger partial charge in [0.05, 0.1) is 18.1 Å². The number of ether oxygens (including phenoxy) is 1. The van der Waals surface area contributed by atoms with Crippen molar-refractivity contribution in [2.75, 3.05) is 51.3 Å². The molecule has 4 rings (SSSR count). The van der Waals surface area contributed by atoms with Crippen molar-refractivity contribution in [2.45, 2.75) is 26.9 Å². The fraction of sp³-hybridized carbons (Fsp3) is 0.407. The van der Waals surface area contributed by atoms with Gasteiger partial charge in [0, 0.05) is 51.9 Å². The summed E-state index contributed by atoms with van der Waals surface area (Å²) in [5.41, 5.74) is 2.39. The molecule has 0 aliphatic carbocycles. The van der Waals surface area contributed by atoms with E-state index < -0.39 is 0 Å². The second kappa shape index (κ2) is 12.0. The molecule has 1 aromatic heterocycles. The molecule has 1 aromatic carbocycles. The zero-order valence-corrected chi connectivity index (χ0v) is 23.0. The third-order valence-corrected chi connectivity index (χ3v) is 8.13. The maximum absolute atomic E-state index is 13.3. The van der Waals surface area contributed by atoms with E-state index in [1.165, 1.54) is 22.2 Å². The highest BCUT2D eigenvalue weighted by atomic mass is 32.2. The number of thioether (sulfide) groups is 1. The first-order valence-corrected chi connectivity index (χ1v) is 13.5. The van der Waals surface area contributed by atoms with Gasteiger partial charge in [-0.05, 0) is 31.1 Å². The summed E-state index contributed by atoms with van der Waals surface area (Å²) < 4.78 is 7.27. The number of carbonyl (C=O) groups is 1. The Hall–Kier alpha value is -2.97. The normalized spacial score (nSPS) is 17.6. The van der Waals surface area contributed by atoms with E-state index in [9.17, 15) is 14.9 Å². The van der Waals surface area contributed by atoms with E-state index in [0.717, 1.165) is 44.1 Å². The first-order chi connectivity index (χ1) is 17.9. The number of rotatable bonds is 8. The fourth-order valence-electron chi connectivity index (χ4n) is 4.74. The van der Waals surface area contributed by atoms with Crippen LogP contribution in [-0.4, -0.2) is 71.0 Å². The van der Waals surface area contributed by atoms with Gasteiger partial charge in [-0.1, -0.05) is 54.3 Å². The predicted octanol–water partition coefficient (Wildman–Crippen LogP) is 3.22. The van der Waals surface area contributed by atoms with Gasteiger partial charge in [0.2, 0.25) is 0 Å². The number of aromatic nitrogens is 1. The van der Waals surface area contributed by atoms with Crippen LogP contribution in [0.5, 0.6) is 0 Å². The number of hydrogen-bond donors (Lipinski definition) is 0. The second-order valence-corrected chi connectivity index (χ2v) is 10.6. The van der Waals surface area contributed by atoms with Gasteiger partial charge in [0.15, 0.2) is 0 Å². The largest absolute Gasteiger partial charge is 0.383 e. The molecule has 2 aromatic rings. The number of hydrogen-bond acceptors (Lipinski definition) is 8. The van der Waals surface area contributed by atoms with E-state index in [0.29, 0.717) is 34.5 Å². The molecule has 2 aliphatic heterocycles. The maximum Gasteiger partial charge on any atom is 0.270 e. The SMILES string of the molecule is CCn1c(N2CCN(Cc3ccccc3)CC2)c(C=C2SC(=S)N(CCOC)C2=O)c(C)c(C#N)c1=O. The van der Waals surface area contributed by atoms with Crippen LogP contribution in [0.1, 0.15) is 29.2 Å². The Balaban J connectivity index is 1.70. The van der Waals surface area contributed by atoms with Crippen molar-refractivity contribution in [1.82, 2.24) is 14.4 Å². The first kappa shape index (κ1) is 27.1. The van der Waals surface area contributed by atoms with E-state index in [1.54, 1.807) is 24.7 Å². The molecule has 37 heavy (non-hydrogen) atoms. The van der Waals surface area contributed by atoms with Crippen LogP contribution in [-0.2, 0) is 22.6 Å². The molecule has 10 heteroatoms. The summed E-state index contributed by atoms with van der Waals surface area (Å²) >= 11 is 6.69. The van der Waals surface area contributed by atoms with Gasteiger partial charge in [-0.2, -0.15) is 5.26 Å². The molecule has 2 aliphatic rings. The Kier molecular flexibility index (Phi) is 8.82. The molecule has 8 nitrogen and oxygen atoms in total. The van der Waals surface area contributed by atoms with Crippen molar-refractivity contribution in [3.8, 4) is 6.07 Å². The molecule has 2 fully saturated rings. The van der Waals surface area contributed by atoms with Crippen LogP contribution in [0.2, 0.25) is 0 Å². The standard InChI is InChI=1S/C27H31N5O3S2/c1-4-31-24(30-12-10-29(11-13-30)18-20-8-6-5-7-9-20)21(19(2)22(17-28)25(31)33)16-23-26(34)32(14-15-35-3)27(36)37-23/h5-9,16H,4,10-15,18H2,1-3H3. The van der Waals surface area contributed by atoms with E-state index in [-0.39, 0.29) is 17.0 Å². The lowest BCUT2D eigenvalue weighted by Crippen LogP contribution is -2.48. The summed E-state index contributed by atoms with van der Waals surface area (Å²) in [7, 11) is 1.58. The number of nitriles is 1. The van der Waals surface area contributed by atoms with Crippen LogP contribution in [0.15, 0.2) is 40.0 Å². The number of carbonyl (C=O) groups excluding carboxylic acids is 1. The number of pyridine rings is 1. The third-order valence-electron chi connectivity index (χ3n) is 6.75. The van der Waals surface area contributed by atoms with Crippen molar-refractivity contribution in [1.29, 1.82) is 5.26 Å². The molecule has 0 saturated carbocycles. The van der Waals surface area contributed by atoms with Crippen molar-refractivity contribution < 1.29 is 9.53 Å². The second-order valence-electron chi connectivity index (χ2n) is 8.97. The van der Waals surface area contributed by atoms with E-state index in [4.69, 9.17) is 17.0 Å². The lowest BCUT2D eigenvalue weighted by molar-refractivity contribution is -0.122. The van der Waals surface area contributed by atoms with Crippen LogP contribution in [0.25, 0.3) is 6.08 Å². The average Bonchev–Trinajstić information content (AvgIpc) is 3.17. The Morgan fingerprint density at radius 1 is 1.16 bits per heavy atom. The van der Waals surface area contributed by atoms with Crippen molar-refractivity contribution >= 4 is 46.1 Å². The number of anilines is 1. The number of thiocarbonyl (C=S) groups is 1. The lowest BCUT2D eigenvalue weighted by atomic mass is 10.0. The molecule has 0 spiro atoms. The Morgan fingerprint density at radius 2 is 1.86 bits per heavy atom. The lowest BCUT2D eigenvalue weighted by Gasteiger charge is -2.38. The van der Waals surface area contributed by atoms with E-state index in [2.05, 4.69) is 40.1 Å². The van der Waals surface area contributed by atoms with Crippen molar-refractivity contribution in [3.05, 3.63) is 67.8 Å². The van der Waals surface area contributed by atoms with Crippen LogP contribution >= 0.6 is 24.0 Å². The Morgan fingerprint density at radius 3 is 2.49 bits per heavy atom. The topological polar surface area (TPSA) is 81.8 Å². The van der Waals surface area contributed by atoms with Gasteiger partial charge < -0.3 is 9.64 Å². The molecule has 0 radical (unpaired) electrons. The molecule has 0 unspecified atom stereocenters. The number of benzene rings is 1. The zero-order chi connectivity index (χ0) is 26.5. The van der Waals surface area contributed by atoms with Gasteiger partial charge in [-0.15, -0.1) is 0 Å². The van der Waals surface area contributed by atoms with E-state index in [1.807, 2.05) is 13.0 Å². The number of nitrogens with zero attached hydrogens (tertiary/aromatic N) is 5. The van der Waals surface area contributed by atoms with Gasteiger partial charge in [0.1, 0.15) is 21.8 Å². The van der Waals surface area contributed by atoms with Crippen molar-refractivity contribution in [3.63, 3.8) is 0 Å². The summed E-state index contributed by atoms with van der Waals surface area (Å²) in [5, 5.41) is 9.79. The smallest absolute Gasteiger partial charge is 0.270 e. The zero-order valence-electron chi connectivity index (χ0n) is 21.4. The average molecular weight is 538 g/mol. The monoisotopic (exact) mass is 537 g/mol. The van der Waals surface area contributed by atoms with Gasteiger partial charge in [0.25, 0.3) is 11.5 Å². The van der Waals surface area contributed by atoms with Crippen LogP contribution < -0.4 is 10.5 Å². The molecular weight excluding hydrogens is 506 g/mol. The summed E-state index contributed by atoms with van der Waals surface area (Å²) in [6.07, 6.45) is 1.81. The quantitative estimate of drug-likeness (QED) is 0.375. The summed E-state index contributed by atoms with van der Waals surface area (Å²) in [6.45, 7) is 8.88. The molecular formula is C27H31N5O3S2. The molecule has 0 N–H and O–H groups in total. The number of piperazine rings is 1. The maximum atomic E-state index is 13.3.